The maximum absolute atomic E-state index is 12.2. The number of hydrogen-bond acceptors (Lipinski definition) is 3. The Bertz CT molecular complexity index is 845. The quantitative estimate of drug-likeness (QED) is 0.718. The summed E-state index contributed by atoms with van der Waals surface area (Å²) in [5, 5.41) is 16.9. The summed E-state index contributed by atoms with van der Waals surface area (Å²) >= 11 is 0. The predicted molar refractivity (Wildman–Crippen MR) is 100 cm³/mol. The second-order valence-corrected chi connectivity index (χ2v) is 6.08. The third-order valence-corrected chi connectivity index (χ3v) is 4.14. The molecule has 0 aliphatic heterocycles. The largest absolute Gasteiger partial charge is 0.508 e. The zero-order valence-electron chi connectivity index (χ0n) is 14.7. The number of carbonyl (C=O) groups excluding carboxylic acids is 1. The average Bonchev–Trinajstić information content (AvgIpc) is 3.19. The van der Waals surface area contributed by atoms with Gasteiger partial charge in [0.2, 0.25) is 0 Å². The summed E-state index contributed by atoms with van der Waals surface area (Å²) in [4.78, 5) is 13.7. The number of phenolic OH excluding ortho intramolecular Hbond substituents is 1. The van der Waals surface area contributed by atoms with E-state index in [-0.39, 0.29) is 11.8 Å². The smallest absolute Gasteiger partial charge is 0.317 e. The van der Waals surface area contributed by atoms with E-state index in [9.17, 15) is 9.90 Å². The van der Waals surface area contributed by atoms with Gasteiger partial charge in [-0.05, 0) is 36.2 Å². The van der Waals surface area contributed by atoms with Crippen LogP contribution in [-0.4, -0.2) is 39.4 Å². The molecule has 6 heteroatoms. The van der Waals surface area contributed by atoms with E-state index in [1.807, 2.05) is 42.6 Å². The molecule has 1 aromatic heterocycles. The Morgan fingerprint density at radius 2 is 1.92 bits per heavy atom. The first-order valence-corrected chi connectivity index (χ1v) is 8.48. The Hall–Kier alpha value is -3.28. The van der Waals surface area contributed by atoms with E-state index in [2.05, 4.69) is 10.4 Å². The molecule has 2 amide bonds. The lowest BCUT2D eigenvalue weighted by molar-refractivity contribution is 0.206. The molecule has 0 atom stereocenters. The first kappa shape index (κ1) is 17.5. The summed E-state index contributed by atoms with van der Waals surface area (Å²) in [6.45, 7) is 0.905. The highest BCUT2D eigenvalue weighted by Crippen LogP contribution is 2.17. The number of phenols is 1. The number of para-hydroxylation sites is 1. The average molecular weight is 350 g/mol. The Balaban J connectivity index is 1.46. The maximum atomic E-state index is 12.2. The number of aromatic nitrogens is 2. The molecule has 0 aliphatic carbocycles. The van der Waals surface area contributed by atoms with Crippen molar-refractivity contribution in [3.63, 3.8) is 0 Å². The van der Waals surface area contributed by atoms with E-state index >= 15 is 0 Å². The summed E-state index contributed by atoms with van der Waals surface area (Å²) in [6, 6.07) is 16.8. The lowest BCUT2D eigenvalue weighted by atomic mass is 10.1. The molecule has 1 heterocycles. The van der Waals surface area contributed by atoms with Crippen LogP contribution >= 0.6 is 0 Å². The van der Waals surface area contributed by atoms with E-state index in [4.69, 9.17) is 0 Å². The van der Waals surface area contributed by atoms with Crippen LogP contribution in [0.1, 0.15) is 11.1 Å². The summed E-state index contributed by atoms with van der Waals surface area (Å²) in [5.41, 5.74) is 2.87. The zero-order valence-corrected chi connectivity index (χ0v) is 14.7. The first-order valence-electron chi connectivity index (χ1n) is 8.48. The third-order valence-electron chi connectivity index (χ3n) is 4.14. The molecule has 0 unspecified atom stereocenters. The fourth-order valence-electron chi connectivity index (χ4n) is 2.66. The zero-order chi connectivity index (χ0) is 18.4. The molecule has 6 nitrogen and oxygen atoms in total. The highest BCUT2D eigenvalue weighted by Gasteiger charge is 2.10. The van der Waals surface area contributed by atoms with Gasteiger partial charge in [-0.2, -0.15) is 5.10 Å². The van der Waals surface area contributed by atoms with Crippen LogP contribution < -0.4 is 5.32 Å². The van der Waals surface area contributed by atoms with Crippen LogP contribution in [0, 0.1) is 0 Å². The molecule has 0 bridgehead atoms. The van der Waals surface area contributed by atoms with Crippen LogP contribution in [0.2, 0.25) is 0 Å². The van der Waals surface area contributed by atoms with Crippen LogP contribution in [0.5, 0.6) is 5.75 Å². The van der Waals surface area contributed by atoms with Gasteiger partial charge in [0.25, 0.3) is 0 Å². The number of amides is 2. The van der Waals surface area contributed by atoms with Crippen LogP contribution in [0.3, 0.4) is 0 Å². The molecule has 26 heavy (non-hydrogen) atoms. The number of hydrogen-bond donors (Lipinski definition) is 2. The van der Waals surface area contributed by atoms with Gasteiger partial charge in [0.1, 0.15) is 5.75 Å². The molecule has 2 aromatic carbocycles. The second kappa shape index (κ2) is 8.20. The van der Waals surface area contributed by atoms with Crippen LogP contribution in [-0.2, 0) is 13.0 Å². The van der Waals surface area contributed by atoms with Crippen molar-refractivity contribution >= 4 is 6.03 Å². The van der Waals surface area contributed by atoms with Gasteiger partial charge in [-0.1, -0.05) is 30.3 Å². The van der Waals surface area contributed by atoms with Crippen LogP contribution in [0.25, 0.3) is 5.69 Å². The number of rotatable bonds is 6. The summed E-state index contributed by atoms with van der Waals surface area (Å²) in [6.07, 6.45) is 4.39. The number of benzene rings is 2. The minimum Gasteiger partial charge on any atom is -0.508 e. The lowest BCUT2D eigenvalue weighted by Crippen LogP contribution is -2.37. The highest BCUT2D eigenvalue weighted by atomic mass is 16.3. The van der Waals surface area contributed by atoms with E-state index in [1.54, 1.807) is 41.0 Å². The van der Waals surface area contributed by atoms with Gasteiger partial charge in [0, 0.05) is 31.5 Å². The molecule has 0 saturated heterocycles. The molecule has 0 saturated carbocycles. The van der Waals surface area contributed by atoms with Crippen molar-refractivity contribution in [3.05, 3.63) is 78.1 Å². The molecule has 3 rings (SSSR count). The number of carbonyl (C=O) groups is 1. The van der Waals surface area contributed by atoms with E-state index in [0.29, 0.717) is 13.1 Å². The molecule has 134 valence electrons. The standard InChI is InChI=1S/C20H22N4O2/c1-23(15-17-5-2-3-6-19(17)25)20(26)21-13-11-16-7-9-18(10-8-16)24-14-4-12-22-24/h2-10,12,14,25H,11,13,15H2,1H3,(H,21,26). The maximum Gasteiger partial charge on any atom is 0.317 e. The number of nitrogens with one attached hydrogen (secondary N) is 1. The lowest BCUT2D eigenvalue weighted by Gasteiger charge is -2.18. The molecule has 2 N–H and O–H groups in total. The second-order valence-electron chi connectivity index (χ2n) is 6.08. The number of aromatic hydroxyl groups is 1. The van der Waals surface area contributed by atoms with Gasteiger partial charge in [-0.15, -0.1) is 0 Å². The molecule has 3 aromatic rings. The topological polar surface area (TPSA) is 70.4 Å². The van der Waals surface area contributed by atoms with Crippen LogP contribution in [0.4, 0.5) is 4.79 Å². The minimum absolute atomic E-state index is 0.165. The molecule has 0 radical (unpaired) electrons. The monoisotopic (exact) mass is 350 g/mol. The SMILES string of the molecule is CN(Cc1ccccc1O)C(=O)NCCc1ccc(-n2cccn2)cc1. The van der Waals surface area contributed by atoms with Crippen molar-refractivity contribution in [3.8, 4) is 11.4 Å². The van der Waals surface area contributed by atoms with E-state index in [0.717, 1.165) is 23.2 Å². The Kier molecular flexibility index (Phi) is 5.53. The van der Waals surface area contributed by atoms with Crippen molar-refractivity contribution < 1.29 is 9.90 Å². The summed E-state index contributed by atoms with van der Waals surface area (Å²) in [7, 11) is 1.71. The highest BCUT2D eigenvalue weighted by molar-refractivity contribution is 5.73. The first-order chi connectivity index (χ1) is 12.6. The van der Waals surface area contributed by atoms with Crippen molar-refractivity contribution in [2.24, 2.45) is 0 Å². The van der Waals surface area contributed by atoms with E-state index < -0.39 is 0 Å². The third kappa shape index (κ3) is 4.42. The van der Waals surface area contributed by atoms with Crippen molar-refractivity contribution in [1.29, 1.82) is 0 Å². The van der Waals surface area contributed by atoms with Crippen molar-refractivity contribution in [2.45, 2.75) is 13.0 Å². The van der Waals surface area contributed by atoms with Crippen molar-refractivity contribution in [2.75, 3.05) is 13.6 Å². The fraction of sp³-hybridized carbons (Fsp3) is 0.200. The molecule has 0 spiro atoms. The Morgan fingerprint density at radius 1 is 1.15 bits per heavy atom. The number of urea groups is 1. The van der Waals surface area contributed by atoms with Gasteiger partial charge in [-0.25, -0.2) is 9.48 Å². The normalized spacial score (nSPS) is 10.5. The predicted octanol–water partition coefficient (Wildman–Crippen LogP) is 2.96. The molecule has 0 fully saturated rings. The van der Waals surface area contributed by atoms with Gasteiger partial charge >= 0.3 is 6.03 Å². The Labute approximate surface area is 152 Å². The van der Waals surface area contributed by atoms with Gasteiger partial charge < -0.3 is 15.3 Å². The van der Waals surface area contributed by atoms with Crippen molar-refractivity contribution in [1.82, 2.24) is 20.0 Å². The van der Waals surface area contributed by atoms with Gasteiger partial charge in [0.05, 0.1) is 12.2 Å². The molecule has 0 aliphatic rings. The van der Waals surface area contributed by atoms with Crippen LogP contribution in [0.15, 0.2) is 67.0 Å². The summed E-state index contributed by atoms with van der Waals surface area (Å²) < 4.78 is 1.81. The summed E-state index contributed by atoms with van der Waals surface area (Å²) in [5.74, 6) is 0.199. The van der Waals surface area contributed by atoms with E-state index in [1.165, 1.54) is 0 Å². The fourth-order valence-corrected chi connectivity index (χ4v) is 2.66. The number of nitrogens with zero attached hydrogens (tertiary/aromatic N) is 3. The Morgan fingerprint density at radius 3 is 2.62 bits per heavy atom. The van der Waals surface area contributed by atoms with Gasteiger partial charge in [-0.3, -0.25) is 0 Å². The molecular weight excluding hydrogens is 328 g/mol. The molecular formula is C20H22N4O2. The minimum atomic E-state index is -0.165. The van der Waals surface area contributed by atoms with Gasteiger partial charge in [0.15, 0.2) is 0 Å².